The molecule has 22 heavy (non-hydrogen) atoms. The first-order valence-electron chi connectivity index (χ1n) is 6.72. The van der Waals surface area contributed by atoms with E-state index in [9.17, 15) is 19.2 Å². The number of imide groups is 2. The highest BCUT2D eigenvalue weighted by Gasteiger charge is 2.35. The van der Waals surface area contributed by atoms with Gasteiger partial charge >= 0.3 is 0 Å². The molecule has 2 aromatic rings. The normalized spacial score (nSPS) is 15.9. The number of hydrogen-bond donors (Lipinski definition) is 2. The maximum atomic E-state index is 12.2. The number of aryl methyl sites for hydroxylation is 2. The average Bonchev–Trinajstić information content (AvgIpc) is 2.43. The van der Waals surface area contributed by atoms with Crippen molar-refractivity contribution < 1.29 is 19.2 Å². The molecule has 0 atom stereocenters. The van der Waals surface area contributed by atoms with Crippen LogP contribution in [0.2, 0.25) is 0 Å². The summed E-state index contributed by atoms with van der Waals surface area (Å²) < 4.78 is 0. The molecule has 4 rings (SSSR count). The van der Waals surface area contributed by atoms with Crippen molar-refractivity contribution in [3.63, 3.8) is 0 Å². The Balaban J connectivity index is 2.36. The summed E-state index contributed by atoms with van der Waals surface area (Å²) in [7, 11) is 0. The first-order chi connectivity index (χ1) is 10.4. The fourth-order valence-corrected chi connectivity index (χ4v) is 3.31. The van der Waals surface area contributed by atoms with Crippen LogP contribution < -0.4 is 10.6 Å². The molecule has 2 aliphatic heterocycles. The minimum absolute atomic E-state index is 0.318. The third-order valence-electron chi connectivity index (χ3n) is 4.20. The zero-order chi connectivity index (χ0) is 15.8. The number of hydrogen-bond acceptors (Lipinski definition) is 4. The Labute approximate surface area is 124 Å². The SMILES string of the molecule is Cc1cc2c3c(c(C)cc4c3c1C(=O)NC4=O)C(=O)NC2=O. The monoisotopic (exact) mass is 294 g/mol. The summed E-state index contributed by atoms with van der Waals surface area (Å²) in [5.41, 5.74) is 2.51. The highest BCUT2D eigenvalue weighted by Crippen LogP contribution is 2.37. The van der Waals surface area contributed by atoms with Crippen LogP contribution in [0.3, 0.4) is 0 Å². The Hall–Kier alpha value is -3.02. The quantitative estimate of drug-likeness (QED) is 0.715. The van der Waals surface area contributed by atoms with Crippen LogP contribution in [-0.4, -0.2) is 23.6 Å². The maximum absolute atomic E-state index is 12.2. The summed E-state index contributed by atoms with van der Waals surface area (Å²) in [6.07, 6.45) is 0. The fraction of sp³-hybridized carbons (Fsp3) is 0.125. The zero-order valence-corrected chi connectivity index (χ0v) is 11.8. The second-order valence-electron chi connectivity index (χ2n) is 5.55. The lowest BCUT2D eigenvalue weighted by Gasteiger charge is -2.25. The first kappa shape index (κ1) is 12.7. The maximum Gasteiger partial charge on any atom is 0.259 e. The summed E-state index contributed by atoms with van der Waals surface area (Å²) >= 11 is 0. The highest BCUT2D eigenvalue weighted by molar-refractivity contribution is 6.34. The second kappa shape index (κ2) is 3.79. The molecule has 2 N–H and O–H groups in total. The Bertz CT molecular complexity index is 893. The van der Waals surface area contributed by atoms with Crippen LogP contribution in [0.5, 0.6) is 0 Å². The molecule has 2 aromatic carbocycles. The van der Waals surface area contributed by atoms with E-state index < -0.39 is 23.6 Å². The van der Waals surface area contributed by atoms with Gasteiger partial charge in [-0.25, -0.2) is 0 Å². The minimum Gasteiger partial charge on any atom is -0.288 e. The van der Waals surface area contributed by atoms with Crippen LogP contribution in [0.25, 0.3) is 10.8 Å². The van der Waals surface area contributed by atoms with E-state index in [1.54, 1.807) is 26.0 Å². The van der Waals surface area contributed by atoms with Crippen LogP contribution in [-0.2, 0) is 0 Å². The van der Waals surface area contributed by atoms with Crippen LogP contribution in [0.1, 0.15) is 52.6 Å². The van der Waals surface area contributed by atoms with Crippen LogP contribution in [0, 0.1) is 13.8 Å². The molecule has 0 aliphatic carbocycles. The highest BCUT2D eigenvalue weighted by atomic mass is 16.2. The van der Waals surface area contributed by atoms with Crippen molar-refractivity contribution in [3.05, 3.63) is 45.5 Å². The van der Waals surface area contributed by atoms with E-state index in [0.717, 1.165) is 0 Å². The molecular weight excluding hydrogens is 284 g/mol. The second-order valence-corrected chi connectivity index (χ2v) is 5.55. The molecule has 6 nitrogen and oxygen atoms in total. The van der Waals surface area contributed by atoms with Crippen molar-refractivity contribution in [3.8, 4) is 0 Å². The van der Waals surface area contributed by atoms with Crippen molar-refractivity contribution in [2.24, 2.45) is 0 Å². The number of carbonyl (C=O) groups is 4. The number of amides is 4. The van der Waals surface area contributed by atoms with Crippen molar-refractivity contribution in [2.75, 3.05) is 0 Å². The molecule has 0 spiro atoms. The summed E-state index contributed by atoms with van der Waals surface area (Å²) in [5, 5.41) is 5.39. The Kier molecular flexibility index (Phi) is 2.19. The summed E-state index contributed by atoms with van der Waals surface area (Å²) in [6.45, 7) is 3.40. The van der Waals surface area contributed by atoms with E-state index in [1.165, 1.54) is 0 Å². The predicted molar refractivity (Wildman–Crippen MR) is 77.0 cm³/mol. The Morgan fingerprint density at radius 3 is 1.36 bits per heavy atom. The molecule has 108 valence electrons. The van der Waals surface area contributed by atoms with Gasteiger partial charge in [-0.3, -0.25) is 29.8 Å². The van der Waals surface area contributed by atoms with Crippen LogP contribution >= 0.6 is 0 Å². The molecule has 0 fully saturated rings. The average molecular weight is 294 g/mol. The van der Waals surface area contributed by atoms with Gasteiger partial charge < -0.3 is 0 Å². The van der Waals surface area contributed by atoms with Gasteiger partial charge in [0.2, 0.25) is 0 Å². The van der Waals surface area contributed by atoms with Gasteiger partial charge in [0.15, 0.2) is 0 Å². The Morgan fingerprint density at radius 2 is 1.00 bits per heavy atom. The van der Waals surface area contributed by atoms with E-state index in [1.807, 2.05) is 0 Å². The minimum atomic E-state index is -0.512. The summed E-state index contributed by atoms with van der Waals surface area (Å²) in [4.78, 5) is 48.6. The molecule has 0 unspecified atom stereocenters. The molecule has 2 heterocycles. The van der Waals surface area contributed by atoms with E-state index in [0.29, 0.717) is 44.2 Å². The van der Waals surface area contributed by atoms with E-state index in [4.69, 9.17) is 0 Å². The Morgan fingerprint density at radius 1 is 0.636 bits per heavy atom. The van der Waals surface area contributed by atoms with Crippen molar-refractivity contribution in [1.29, 1.82) is 0 Å². The number of nitrogens with one attached hydrogen (secondary N) is 2. The molecule has 4 amide bonds. The molecule has 0 aromatic heterocycles. The molecule has 0 saturated heterocycles. The van der Waals surface area contributed by atoms with Gasteiger partial charge in [-0.15, -0.1) is 0 Å². The van der Waals surface area contributed by atoms with Gasteiger partial charge in [0, 0.05) is 21.9 Å². The lowest BCUT2D eigenvalue weighted by atomic mass is 9.83. The van der Waals surface area contributed by atoms with E-state index >= 15 is 0 Å². The molecule has 2 aliphatic rings. The fourth-order valence-electron chi connectivity index (χ4n) is 3.31. The zero-order valence-electron chi connectivity index (χ0n) is 11.8. The number of carbonyl (C=O) groups excluding carboxylic acids is 4. The van der Waals surface area contributed by atoms with Gasteiger partial charge in [-0.05, 0) is 37.1 Å². The molecular formula is C16H10N2O4. The van der Waals surface area contributed by atoms with Gasteiger partial charge in [0.1, 0.15) is 0 Å². The molecule has 6 heteroatoms. The largest absolute Gasteiger partial charge is 0.288 e. The van der Waals surface area contributed by atoms with Crippen LogP contribution in [0.15, 0.2) is 12.1 Å². The third-order valence-corrected chi connectivity index (χ3v) is 4.20. The standard InChI is InChI=1S/C16H10N2O4/c1-5-3-7-12-10(16(22)18-13(7)19)6(2)4-8-11(12)9(5)15(21)17-14(8)20/h3-4H,1-2H3,(H,17,20,21)(H,18,19,22). The smallest absolute Gasteiger partial charge is 0.259 e. The van der Waals surface area contributed by atoms with Gasteiger partial charge in [0.25, 0.3) is 23.6 Å². The molecule has 0 bridgehead atoms. The molecule has 0 saturated carbocycles. The first-order valence-corrected chi connectivity index (χ1v) is 6.72. The van der Waals surface area contributed by atoms with E-state index in [2.05, 4.69) is 10.6 Å². The van der Waals surface area contributed by atoms with Crippen molar-refractivity contribution in [2.45, 2.75) is 13.8 Å². The van der Waals surface area contributed by atoms with Crippen LogP contribution in [0.4, 0.5) is 0 Å². The number of rotatable bonds is 0. The third kappa shape index (κ3) is 1.34. The van der Waals surface area contributed by atoms with Gasteiger partial charge in [-0.1, -0.05) is 0 Å². The lowest BCUT2D eigenvalue weighted by Crippen LogP contribution is -2.39. The molecule has 0 radical (unpaired) electrons. The summed E-state index contributed by atoms with van der Waals surface area (Å²) in [5.74, 6) is -2.03. The lowest BCUT2D eigenvalue weighted by molar-refractivity contribution is 0.0822. The van der Waals surface area contributed by atoms with Gasteiger partial charge in [-0.2, -0.15) is 0 Å². The van der Waals surface area contributed by atoms with Gasteiger partial charge in [0.05, 0.1) is 11.1 Å². The van der Waals surface area contributed by atoms with Crippen molar-refractivity contribution >= 4 is 34.4 Å². The number of benzene rings is 2. The predicted octanol–water partition coefficient (Wildman–Crippen LogP) is 1.22. The van der Waals surface area contributed by atoms with Crippen molar-refractivity contribution in [1.82, 2.24) is 10.6 Å². The van der Waals surface area contributed by atoms with E-state index in [-0.39, 0.29) is 0 Å². The topological polar surface area (TPSA) is 92.3 Å². The summed E-state index contributed by atoms with van der Waals surface area (Å²) in [6, 6.07) is 3.17.